The van der Waals surface area contributed by atoms with Crippen molar-refractivity contribution in [3.8, 4) is 0 Å². The molecular weight excluding hydrogens is 238 g/mol. The van der Waals surface area contributed by atoms with Gasteiger partial charge in [-0.2, -0.15) is 5.10 Å². The molecule has 1 fully saturated rings. The summed E-state index contributed by atoms with van der Waals surface area (Å²) in [7, 11) is 1.94. The highest BCUT2D eigenvalue weighted by molar-refractivity contribution is 6.31. The number of aliphatic hydroxyl groups excluding tert-OH is 1. The number of halogens is 1. The topological polar surface area (TPSA) is 41.3 Å². The number of aromatic nitrogens is 2. The van der Waals surface area contributed by atoms with Gasteiger partial charge < -0.3 is 5.11 Å². The molecule has 17 heavy (non-hydrogen) atoms. The largest absolute Gasteiger partial charge is 0.396 e. The number of hydrogen-bond donors (Lipinski definition) is 1. The minimum atomic E-state index is 0.288. The molecule has 0 amide bonds. The number of rotatable bonds is 4. The molecule has 2 rings (SSSR count). The van der Waals surface area contributed by atoms with Crippen molar-refractivity contribution in [1.29, 1.82) is 0 Å². The fourth-order valence-electron chi connectivity index (χ4n) is 2.41. The van der Waals surface area contributed by atoms with Crippen molar-refractivity contribution in [2.75, 3.05) is 19.7 Å². The van der Waals surface area contributed by atoms with Crippen LogP contribution in [0.1, 0.15) is 24.7 Å². The fourth-order valence-corrected chi connectivity index (χ4v) is 2.76. The van der Waals surface area contributed by atoms with Crippen LogP contribution in [0.3, 0.4) is 0 Å². The van der Waals surface area contributed by atoms with Crippen LogP contribution in [0.2, 0.25) is 5.02 Å². The lowest BCUT2D eigenvalue weighted by molar-refractivity contribution is 0.219. The number of nitrogens with zero attached hydrogens (tertiary/aromatic N) is 3. The molecule has 1 aromatic heterocycles. The van der Waals surface area contributed by atoms with E-state index in [1.807, 2.05) is 11.7 Å². The summed E-state index contributed by atoms with van der Waals surface area (Å²) in [5.74, 6) is 0.424. The normalized spacial score (nSPS) is 21.3. The third-order valence-electron chi connectivity index (χ3n) is 3.50. The van der Waals surface area contributed by atoms with Crippen molar-refractivity contribution >= 4 is 11.6 Å². The summed E-state index contributed by atoms with van der Waals surface area (Å²) in [6, 6.07) is 0. The van der Waals surface area contributed by atoms with Gasteiger partial charge in [0.25, 0.3) is 0 Å². The first kappa shape index (κ1) is 12.9. The molecule has 2 heterocycles. The quantitative estimate of drug-likeness (QED) is 0.888. The van der Waals surface area contributed by atoms with E-state index in [0.717, 1.165) is 48.9 Å². The summed E-state index contributed by atoms with van der Waals surface area (Å²) in [6.45, 7) is 5.18. The van der Waals surface area contributed by atoms with Crippen molar-refractivity contribution in [3.63, 3.8) is 0 Å². The Morgan fingerprint density at radius 1 is 1.53 bits per heavy atom. The third-order valence-corrected chi connectivity index (χ3v) is 3.94. The monoisotopic (exact) mass is 257 g/mol. The molecule has 5 heteroatoms. The zero-order valence-corrected chi connectivity index (χ0v) is 11.2. The molecule has 1 aromatic rings. The highest BCUT2D eigenvalue weighted by Gasteiger charge is 2.24. The predicted molar refractivity (Wildman–Crippen MR) is 68.1 cm³/mol. The highest BCUT2D eigenvalue weighted by atomic mass is 35.5. The molecule has 0 bridgehead atoms. The second kappa shape index (κ2) is 5.38. The van der Waals surface area contributed by atoms with Crippen LogP contribution in [0.15, 0.2) is 0 Å². The van der Waals surface area contributed by atoms with E-state index in [1.165, 1.54) is 0 Å². The van der Waals surface area contributed by atoms with E-state index in [-0.39, 0.29) is 6.61 Å². The van der Waals surface area contributed by atoms with Crippen LogP contribution < -0.4 is 0 Å². The standard InChI is InChI=1S/C12H20ClN3O/c1-3-10-12(13)11(15(2)14-10)7-16-5-4-9(6-16)8-17/h9,17H,3-8H2,1-2H3. The summed E-state index contributed by atoms with van der Waals surface area (Å²) >= 11 is 6.32. The maximum atomic E-state index is 9.13. The lowest BCUT2D eigenvalue weighted by Gasteiger charge is -2.15. The number of likely N-dealkylation sites (tertiary alicyclic amines) is 1. The van der Waals surface area contributed by atoms with Gasteiger partial charge in [-0.05, 0) is 25.3 Å². The molecule has 0 radical (unpaired) electrons. The molecule has 0 aromatic carbocycles. The maximum absolute atomic E-state index is 9.13. The Labute approximate surface area is 107 Å². The molecule has 1 aliphatic heterocycles. The molecule has 96 valence electrons. The van der Waals surface area contributed by atoms with Crippen LogP contribution >= 0.6 is 11.6 Å². The molecule has 1 aliphatic rings. The van der Waals surface area contributed by atoms with Crippen molar-refractivity contribution < 1.29 is 5.11 Å². The SMILES string of the molecule is CCc1nn(C)c(CN2CCC(CO)C2)c1Cl. The second-order valence-electron chi connectivity index (χ2n) is 4.76. The number of aliphatic hydroxyl groups is 1. The van der Waals surface area contributed by atoms with Crippen LogP contribution in [0, 0.1) is 5.92 Å². The lowest BCUT2D eigenvalue weighted by atomic mass is 10.1. The predicted octanol–water partition coefficient (Wildman–Crippen LogP) is 1.45. The molecule has 4 nitrogen and oxygen atoms in total. The first-order valence-corrected chi connectivity index (χ1v) is 6.57. The molecule has 1 atom stereocenters. The Morgan fingerprint density at radius 2 is 2.29 bits per heavy atom. The zero-order valence-electron chi connectivity index (χ0n) is 10.5. The second-order valence-corrected chi connectivity index (χ2v) is 5.13. The molecule has 0 spiro atoms. The summed E-state index contributed by atoms with van der Waals surface area (Å²) in [5.41, 5.74) is 2.06. The van der Waals surface area contributed by atoms with Gasteiger partial charge in [-0.1, -0.05) is 18.5 Å². The molecule has 1 unspecified atom stereocenters. The molecule has 1 N–H and O–H groups in total. The maximum Gasteiger partial charge on any atom is 0.0863 e. The first-order valence-electron chi connectivity index (χ1n) is 6.19. The summed E-state index contributed by atoms with van der Waals surface area (Å²) in [6.07, 6.45) is 1.94. The van der Waals surface area contributed by atoms with Gasteiger partial charge in [0.15, 0.2) is 0 Å². The number of aryl methyl sites for hydroxylation is 2. The summed E-state index contributed by atoms with van der Waals surface area (Å²) < 4.78 is 1.88. The van der Waals surface area contributed by atoms with E-state index >= 15 is 0 Å². The van der Waals surface area contributed by atoms with Gasteiger partial charge in [-0.3, -0.25) is 9.58 Å². The van der Waals surface area contributed by atoms with Gasteiger partial charge in [-0.25, -0.2) is 0 Å². The first-order chi connectivity index (χ1) is 8.15. The fraction of sp³-hybridized carbons (Fsp3) is 0.750. The average molecular weight is 258 g/mol. The Balaban J connectivity index is 2.06. The van der Waals surface area contributed by atoms with Crippen LogP contribution in [0.4, 0.5) is 0 Å². The van der Waals surface area contributed by atoms with Gasteiger partial charge in [0.1, 0.15) is 0 Å². The van der Waals surface area contributed by atoms with Gasteiger partial charge in [0, 0.05) is 26.7 Å². The van der Waals surface area contributed by atoms with Crippen LogP contribution in [-0.4, -0.2) is 39.5 Å². The van der Waals surface area contributed by atoms with E-state index in [9.17, 15) is 0 Å². The van der Waals surface area contributed by atoms with E-state index in [4.69, 9.17) is 16.7 Å². The lowest BCUT2D eigenvalue weighted by Crippen LogP contribution is -2.22. The van der Waals surface area contributed by atoms with Crippen LogP contribution in [-0.2, 0) is 20.0 Å². The van der Waals surface area contributed by atoms with Gasteiger partial charge in [0.05, 0.1) is 16.4 Å². The van der Waals surface area contributed by atoms with E-state index in [1.54, 1.807) is 0 Å². The molecule has 0 saturated carbocycles. The van der Waals surface area contributed by atoms with Crippen LogP contribution in [0.25, 0.3) is 0 Å². The van der Waals surface area contributed by atoms with E-state index < -0.39 is 0 Å². The van der Waals surface area contributed by atoms with E-state index in [2.05, 4.69) is 16.9 Å². The molecule has 1 saturated heterocycles. The molecule has 0 aliphatic carbocycles. The summed E-state index contributed by atoms with van der Waals surface area (Å²) in [4.78, 5) is 2.34. The molecular formula is C12H20ClN3O. The van der Waals surface area contributed by atoms with Gasteiger partial charge in [0.2, 0.25) is 0 Å². The van der Waals surface area contributed by atoms with E-state index in [0.29, 0.717) is 5.92 Å². The Hall–Kier alpha value is -0.580. The van der Waals surface area contributed by atoms with Crippen molar-refractivity contribution in [2.45, 2.75) is 26.3 Å². The Morgan fingerprint density at radius 3 is 2.82 bits per heavy atom. The van der Waals surface area contributed by atoms with Gasteiger partial charge in [-0.15, -0.1) is 0 Å². The zero-order chi connectivity index (χ0) is 12.4. The minimum absolute atomic E-state index is 0.288. The smallest absolute Gasteiger partial charge is 0.0863 e. The van der Waals surface area contributed by atoms with Crippen molar-refractivity contribution in [1.82, 2.24) is 14.7 Å². The highest BCUT2D eigenvalue weighted by Crippen LogP contribution is 2.24. The van der Waals surface area contributed by atoms with Crippen molar-refractivity contribution in [2.24, 2.45) is 13.0 Å². The Bertz CT molecular complexity index is 391. The summed E-state index contributed by atoms with van der Waals surface area (Å²) in [5, 5.41) is 14.4. The van der Waals surface area contributed by atoms with Gasteiger partial charge >= 0.3 is 0 Å². The minimum Gasteiger partial charge on any atom is -0.396 e. The third kappa shape index (κ3) is 2.64. The number of hydrogen-bond acceptors (Lipinski definition) is 3. The van der Waals surface area contributed by atoms with Crippen LogP contribution in [0.5, 0.6) is 0 Å². The van der Waals surface area contributed by atoms with Crippen molar-refractivity contribution in [3.05, 3.63) is 16.4 Å². The average Bonchev–Trinajstić information content (AvgIpc) is 2.88. The Kier molecular flexibility index (Phi) is 4.07.